The third kappa shape index (κ3) is 3.87. The average Bonchev–Trinajstić information content (AvgIpc) is 2.40. The van der Waals surface area contributed by atoms with E-state index in [9.17, 15) is 8.42 Å². The van der Waals surface area contributed by atoms with Gasteiger partial charge < -0.3 is 15.2 Å². The zero-order valence-corrected chi connectivity index (χ0v) is 13.2. The highest BCUT2D eigenvalue weighted by atomic mass is 32.2. The molecule has 1 aliphatic rings. The summed E-state index contributed by atoms with van der Waals surface area (Å²) in [5.74, 6) is 0.430. The number of nitrogen functional groups attached to an aromatic ring is 1. The first-order chi connectivity index (χ1) is 9.83. The van der Waals surface area contributed by atoms with Crippen LogP contribution >= 0.6 is 0 Å². The number of anilines is 1. The van der Waals surface area contributed by atoms with Gasteiger partial charge in [-0.05, 0) is 26.0 Å². The molecule has 1 saturated heterocycles. The number of nitrogens with zero attached hydrogens (tertiary/aromatic N) is 1. The molecule has 1 aliphatic heterocycles. The van der Waals surface area contributed by atoms with Gasteiger partial charge in [-0.1, -0.05) is 12.1 Å². The van der Waals surface area contributed by atoms with Crippen molar-refractivity contribution in [1.82, 2.24) is 4.31 Å². The van der Waals surface area contributed by atoms with Gasteiger partial charge in [0.25, 0.3) is 0 Å². The summed E-state index contributed by atoms with van der Waals surface area (Å²) in [5.41, 5.74) is 5.73. The van der Waals surface area contributed by atoms with Crippen LogP contribution in [0.5, 0.6) is 5.75 Å². The van der Waals surface area contributed by atoms with E-state index in [2.05, 4.69) is 0 Å². The Bertz CT molecular complexity index is 586. The molecule has 1 aromatic rings. The normalized spacial score (nSPS) is 19.3. The first kappa shape index (κ1) is 16.1. The SMILES string of the molecule is CC1(C)COCCN1S(=O)(=O)CCOc1ccccc1N. The molecule has 0 aliphatic carbocycles. The highest BCUT2D eigenvalue weighted by Gasteiger charge is 2.38. The Hall–Kier alpha value is -1.31. The van der Waals surface area contributed by atoms with E-state index >= 15 is 0 Å². The maximum absolute atomic E-state index is 12.4. The Balaban J connectivity index is 1.97. The van der Waals surface area contributed by atoms with Crippen LogP contribution in [0.4, 0.5) is 5.69 Å². The zero-order chi connectivity index (χ0) is 15.5. The van der Waals surface area contributed by atoms with Crippen LogP contribution in [0.2, 0.25) is 0 Å². The molecular weight excluding hydrogens is 292 g/mol. The maximum Gasteiger partial charge on any atom is 0.218 e. The zero-order valence-electron chi connectivity index (χ0n) is 12.4. The van der Waals surface area contributed by atoms with E-state index in [-0.39, 0.29) is 12.4 Å². The van der Waals surface area contributed by atoms with Gasteiger partial charge in [-0.25, -0.2) is 8.42 Å². The number of benzene rings is 1. The van der Waals surface area contributed by atoms with Gasteiger partial charge in [0.15, 0.2) is 0 Å². The standard InChI is InChI=1S/C14H22N2O4S/c1-14(2)11-19-8-7-16(14)21(17,18)10-9-20-13-6-4-3-5-12(13)15/h3-6H,7-11,15H2,1-2H3. The lowest BCUT2D eigenvalue weighted by molar-refractivity contribution is -0.00779. The van der Waals surface area contributed by atoms with Gasteiger partial charge >= 0.3 is 0 Å². The minimum absolute atomic E-state index is 0.0734. The van der Waals surface area contributed by atoms with Gasteiger partial charge in [0.1, 0.15) is 12.4 Å². The molecule has 21 heavy (non-hydrogen) atoms. The van der Waals surface area contributed by atoms with E-state index < -0.39 is 15.6 Å². The van der Waals surface area contributed by atoms with Gasteiger partial charge in [-0.3, -0.25) is 0 Å². The predicted octanol–water partition coefficient (Wildman–Crippen LogP) is 1.09. The van der Waals surface area contributed by atoms with Crippen LogP contribution < -0.4 is 10.5 Å². The Labute approximate surface area is 125 Å². The van der Waals surface area contributed by atoms with Gasteiger partial charge in [-0.15, -0.1) is 0 Å². The maximum atomic E-state index is 12.4. The van der Waals surface area contributed by atoms with Crippen molar-refractivity contribution in [2.75, 3.05) is 37.9 Å². The predicted molar refractivity (Wildman–Crippen MR) is 81.7 cm³/mol. The number of hydrogen-bond acceptors (Lipinski definition) is 5. The van der Waals surface area contributed by atoms with Crippen molar-refractivity contribution < 1.29 is 17.9 Å². The lowest BCUT2D eigenvalue weighted by Crippen LogP contribution is -2.56. The molecule has 0 aromatic heterocycles. The van der Waals surface area contributed by atoms with Crippen molar-refractivity contribution in [2.45, 2.75) is 19.4 Å². The summed E-state index contributed by atoms with van der Waals surface area (Å²) in [4.78, 5) is 0. The lowest BCUT2D eigenvalue weighted by Gasteiger charge is -2.40. The molecule has 1 fully saturated rings. The molecule has 0 bridgehead atoms. The first-order valence-electron chi connectivity index (χ1n) is 6.88. The molecule has 7 heteroatoms. The molecular formula is C14H22N2O4S. The van der Waals surface area contributed by atoms with E-state index in [0.717, 1.165) is 0 Å². The van der Waals surface area contributed by atoms with Crippen LogP contribution in [0.1, 0.15) is 13.8 Å². The second kappa shape index (κ2) is 6.21. The van der Waals surface area contributed by atoms with E-state index in [1.165, 1.54) is 4.31 Å². The molecule has 1 heterocycles. The van der Waals surface area contributed by atoms with E-state index in [1.807, 2.05) is 13.8 Å². The summed E-state index contributed by atoms with van der Waals surface area (Å²) in [6.45, 7) is 5.00. The number of nitrogens with two attached hydrogens (primary N) is 1. The second-order valence-electron chi connectivity index (χ2n) is 5.64. The number of sulfonamides is 1. The summed E-state index contributed by atoms with van der Waals surface area (Å²) in [6, 6.07) is 7.04. The molecule has 0 spiro atoms. The molecule has 0 unspecified atom stereocenters. The molecule has 118 valence electrons. The van der Waals surface area contributed by atoms with E-state index in [1.54, 1.807) is 24.3 Å². The largest absolute Gasteiger partial charge is 0.490 e. The van der Waals surface area contributed by atoms with Gasteiger partial charge in [-0.2, -0.15) is 4.31 Å². The van der Waals surface area contributed by atoms with Crippen LogP contribution in [0.25, 0.3) is 0 Å². The quantitative estimate of drug-likeness (QED) is 0.823. The Morgan fingerprint density at radius 3 is 2.76 bits per heavy atom. The second-order valence-corrected chi connectivity index (χ2v) is 7.65. The summed E-state index contributed by atoms with van der Waals surface area (Å²) < 4.78 is 37.2. The Morgan fingerprint density at radius 1 is 1.38 bits per heavy atom. The summed E-state index contributed by atoms with van der Waals surface area (Å²) in [6.07, 6.45) is 0. The van der Waals surface area contributed by atoms with E-state index in [4.69, 9.17) is 15.2 Å². The van der Waals surface area contributed by atoms with Crippen LogP contribution in [-0.2, 0) is 14.8 Å². The highest BCUT2D eigenvalue weighted by Crippen LogP contribution is 2.24. The third-order valence-corrected chi connectivity index (χ3v) is 5.45. The van der Waals surface area contributed by atoms with Gasteiger partial charge in [0.05, 0.1) is 30.2 Å². The number of ether oxygens (including phenoxy) is 2. The van der Waals surface area contributed by atoms with Crippen molar-refractivity contribution >= 4 is 15.7 Å². The monoisotopic (exact) mass is 314 g/mol. The minimum Gasteiger partial charge on any atom is -0.490 e. The van der Waals surface area contributed by atoms with Crippen LogP contribution in [0.3, 0.4) is 0 Å². The number of morpholine rings is 1. The lowest BCUT2D eigenvalue weighted by atomic mass is 10.1. The fourth-order valence-corrected chi connectivity index (χ4v) is 4.01. The molecule has 0 radical (unpaired) electrons. The molecule has 0 saturated carbocycles. The molecule has 0 amide bonds. The fourth-order valence-electron chi connectivity index (χ4n) is 2.34. The average molecular weight is 314 g/mol. The molecule has 2 N–H and O–H groups in total. The van der Waals surface area contributed by atoms with Crippen molar-refractivity contribution in [1.29, 1.82) is 0 Å². The fraction of sp³-hybridized carbons (Fsp3) is 0.571. The number of para-hydroxylation sites is 2. The van der Waals surface area contributed by atoms with E-state index in [0.29, 0.717) is 31.2 Å². The molecule has 1 aromatic carbocycles. The molecule has 2 rings (SSSR count). The number of rotatable bonds is 5. The van der Waals surface area contributed by atoms with Crippen LogP contribution in [0.15, 0.2) is 24.3 Å². The topological polar surface area (TPSA) is 81.9 Å². The van der Waals surface area contributed by atoms with Gasteiger partial charge in [0.2, 0.25) is 10.0 Å². The summed E-state index contributed by atoms with van der Waals surface area (Å²) in [5, 5.41) is 0. The van der Waals surface area contributed by atoms with Gasteiger partial charge in [0, 0.05) is 6.54 Å². The summed E-state index contributed by atoms with van der Waals surface area (Å²) in [7, 11) is -3.39. The Morgan fingerprint density at radius 2 is 2.10 bits per heavy atom. The first-order valence-corrected chi connectivity index (χ1v) is 8.49. The Kier molecular flexibility index (Phi) is 4.75. The van der Waals surface area contributed by atoms with Crippen molar-refractivity contribution in [2.24, 2.45) is 0 Å². The number of hydrogen-bond donors (Lipinski definition) is 1. The highest BCUT2D eigenvalue weighted by molar-refractivity contribution is 7.89. The third-order valence-electron chi connectivity index (χ3n) is 3.42. The molecule has 0 atom stereocenters. The summed E-state index contributed by atoms with van der Waals surface area (Å²) >= 11 is 0. The minimum atomic E-state index is -3.39. The smallest absolute Gasteiger partial charge is 0.218 e. The van der Waals surface area contributed by atoms with Crippen LogP contribution in [-0.4, -0.2) is 50.4 Å². The van der Waals surface area contributed by atoms with Crippen molar-refractivity contribution in [3.05, 3.63) is 24.3 Å². The van der Waals surface area contributed by atoms with Crippen molar-refractivity contribution in [3.63, 3.8) is 0 Å². The van der Waals surface area contributed by atoms with Crippen molar-refractivity contribution in [3.8, 4) is 5.75 Å². The molecule has 6 nitrogen and oxygen atoms in total. The van der Waals surface area contributed by atoms with Crippen LogP contribution in [0, 0.1) is 0 Å².